The van der Waals surface area contributed by atoms with Crippen molar-refractivity contribution in [3.63, 3.8) is 0 Å². The predicted octanol–water partition coefficient (Wildman–Crippen LogP) is 0.960. The quantitative estimate of drug-likeness (QED) is 0.476. The summed E-state index contributed by atoms with van der Waals surface area (Å²) in [4.78, 5) is 32.7. The Morgan fingerprint density at radius 3 is 2.57 bits per heavy atom. The number of amides is 1. The summed E-state index contributed by atoms with van der Waals surface area (Å²) < 4.78 is 9.92. The van der Waals surface area contributed by atoms with Crippen LogP contribution in [0.25, 0.3) is 0 Å². The molecule has 114 valence electrons. The molecule has 1 N–H and O–H groups in total. The Balaban J connectivity index is 2.76. The van der Waals surface area contributed by atoms with Gasteiger partial charge in [0.15, 0.2) is 6.04 Å². The summed E-state index contributed by atoms with van der Waals surface area (Å²) in [5.41, 5.74) is 0.417. The number of benzene rings is 1. The molecule has 0 radical (unpaired) electrons. The third-order valence-corrected chi connectivity index (χ3v) is 2.64. The Bertz CT molecular complexity index is 558. The molecule has 0 spiro atoms. The van der Waals surface area contributed by atoms with Gasteiger partial charge in [-0.1, -0.05) is 0 Å². The highest BCUT2D eigenvalue weighted by Gasteiger charge is 2.21. The summed E-state index contributed by atoms with van der Waals surface area (Å²) in [6, 6.07) is 3.28. The van der Waals surface area contributed by atoms with E-state index in [9.17, 15) is 19.7 Å². The van der Waals surface area contributed by atoms with Crippen LogP contribution in [0.4, 0.5) is 5.69 Å². The van der Waals surface area contributed by atoms with Crippen LogP contribution in [0.2, 0.25) is 0 Å². The van der Waals surface area contributed by atoms with Crippen molar-refractivity contribution in [3.05, 3.63) is 33.9 Å². The number of esters is 1. The van der Waals surface area contributed by atoms with Crippen LogP contribution in [0.3, 0.4) is 0 Å². The van der Waals surface area contributed by atoms with Crippen molar-refractivity contribution in [2.45, 2.75) is 19.9 Å². The number of hydrogen-bond acceptors (Lipinski definition) is 6. The molecule has 1 unspecified atom stereocenters. The SMILES string of the molecule is COC(=O)C(COc1ccc([N+](=O)[O-])c(C)c1)NC(C)=O. The molecule has 0 saturated carbocycles. The number of carbonyl (C=O) groups excluding carboxylic acids is 2. The van der Waals surface area contributed by atoms with Crippen molar-refractivity contribution in [2.24, 2.45) is 0 Å². The van der Waals surface area contributed by atoms with E-state index in [-0.39, 0.29) is 12.3 Å². The van der Waals surface area contributed by atoms with Crippen LogP contribution in [0.15, 0.2) is 18.2 Å². The zero-order valence-corrected chi connectivity index (χ0v) is 11.9. The molecular weight excluding hydrogens is 280 g/mol. The van der Waals surface area contributed by atoms with Gasteiger partial charge in [0, 0.05) is 18.6 Å². The van der Waals surface area contributed by atoms with Crippen molar-refractivity contribution >= 4 is 17.6 Å². The number of nitrogens with one attached hydrogen (secondary N) is 1. The zero-order valence-electron chi connectivity index (χ0n) is 11.9. The first-order valence-electron chi connectivity index (χ1n) is 6.08. The maximum atomic E-state index is 11.5. The van der Waals surface area contributed by atoms with Gasteiger partial charge in [0.1, 0.15) is 12.4 Å². The number of methoxy groups -OCH3 is 1. The van der Waals surface area contributed by atoms with Crippen LogP contribution in [-0.2, 0) is 14.3 Å². The first kappa shape index (κ1) is 16.4. The molecule has 0 aromatic heterocycles. The number of carbonyl (C=O) groups is 2. The summed E-state index contributed by atoms with van der Waals surface area (Å²) in [6.45, 7) is 2.71. The van der Waals surface area contributed by atoms with Crippen LogP contribution >= 0.6 is 0 Å². The zero-order chi connectivity index (χ0) is 16.0. The largest absolute Gasteiger partial charge is 0.491 e. The number of aryl methyl sites for hydroxylation is 1. The van der Waals surface area contributed by atoms with E-state index in [0.717, 1.165) is 0 Å². The minimum absolute atomic E-state index is 0.0197. The second-order valence-electron chi connectivity index (χ2n) is 4.29. The third-order valence-electron chi connectivity index (χ3n) is 2.64. The van der Waals surface area contributed by atoms with E-state index in [1.54, 1.807) is 6.92 Å². The lowest BCUT2D eigenvalue weighted by Gasteiger charge is -2.16. The molecule has 21 heavy (non-hydrogen) atoms. The average molecular weight is 296 g/mol. The van der Waals surface area contributed by atoms with Gasteiger partial charge in [-0.05, 0) is 19.1 Å². The molecule has 8 heteroatoms. The molecule has 1 aromatic carbocycles. The van der Waals surface area contributed by atoms with Gasteiger partial charge in [-0.15, -0.1) is 0 Å². The molecular formula is C13H16N2O6. The lowest BCUT2D eigenvalue weighted by atomic mass is 10.2. The van der Waals surface area contributed by atoms with E-state index in [1.807, 2.05) is 0 Å². The van der Waals surface area contributed by atoms with Crippen LogP contribution in [-0.4, -0.2) is 36.6 Å². The Kier molecular flexibility index (Phi) is 5.65. The van der Waals surface area contributed by atoms with Gasteiger partial charge in [0.2, 0.25) is 5.91 Å². The van der Waals surface area contributed by atoms with Gasteiger partial charge in [-0.2, -0.15) is 0 Å². The second kappa shape index (κ2) is 7.22. The van der Waals surface area contributed by atoms with E-state index in [0.29, 0.717) is 11.3 Å². The van der Waals surface area contributed by atoms with Gasteiger partial charge in [-0.3, -0.25) is 14.9 Å². The summed E-state index contributed by atoms with van der Waals surface area (Å²) in [5.74, 6) is -0.671. The van der Waals surface area contributed by atoms with E-state index in [2.05, 4.69) is 10.1 Å². The number of rotatable bonds is 6. The minimum Gasteiger partial charge on any atom is -0.491 e. The lowest BCUT2D eigenvalue weighted by molar-refractivity contribution is -0.385. The van der Waals surface area contributed by atoms with Gasteiger partial charge in [0.05, 0.1) is 12.0 Å². The molecule has 0 heterocycles. The third kappa shape index (κ3) is 4.75. The Labute approximate surface area is 121 Å². The Morgan fingerprint density at radius 1 is 1.43 bits per heavy atom. The van der Waals surface area contributed by atoms with Gasteiger partial charge >= 0.3 is 5.97 Å². The fourth-order valence-corrected chi connectivity index (χ4v) is 1.66. The molecule has 0 aliphatic heterocycles. The normalized spacial score (nSPS) is 11.4. The fraction of sp³-hybridized carbons (Fsp3) is 0.385. The monoisotopic (exact) mass is 296 g/mol. The number of nitro groups is 1. The number of nitrogens with zero attached hydrogens (tertiary/aromatic N) is 1. The molecule has 0 aliphatic carbocycles. The molecule has 0 bridgehead atoms. The first-order valence-corrected chi connectivity index (χ1v) is 6.08. The Morgan fingerprint density at radius 2 is 2.10 bits per heavy atom. The summed E-state index contributed by atoms with van der Waals surface area (Å²) in [5, 5.41) is 13.1. The molecule has 8 nitrogen and oxygen atoms in total. The number of nitro benzene ring substituents is 1. The Hall–Kier alpha value is -2.64. The number of ether oxygens (including phenoxy) is 2. The maximum absolute atomic E-state index is 11.5. The summed E-state index contributed by atoms with van der Waals surface area (Å²) in [7, 11) is 1.20. The highest BCUT2D eigenvalue weighted by atomic mass is 16.6. The van der Waals surface area contributed by atoms with Gasteiger partial charge in [0.25, 0.3) is 5.69 Å². The fourth-order valence-electron chi connectivity index (χ4n) is 1.66. The van der Waals surface area contributed by atoms with E-state index in [4.69, 9.17) is 4.74 Å². The highest BCUT2D eigenvalue weighted by Crippen LogP contribution is 2.23. The molecule has 1 rings (SSSR count). The minimum atomic E-state index is -0.942. The molecule has 0 fully saturated rings. The standard InChI is InChI=1S/C13H16N2O6/c1-8-6-10(4-5-12(8)15(18)19)21-7-11(13(17)20-3)14-9(2)16/h4-6,11H,7H2,1-3H3,(H,14,16). The van der Waals surface area contributed by atoms with E-state index >= 15 is 0 Å². The lowest BCUT2D eigenvalue weighted by Crippen LogP contribution is -2.44. The maximum Gasteiger partial charge on any atom is 0.331 e. The second-order valence-corrected chi connectivity index (χ2v) is 4.29. The van der Waals surface area contributed by atoms with E-state index < -0.39 is 22.8 Å². The predicted molar refractivity (Wildman–Crippen MR) is 72.9 cm³/mol. The van der Waals surface area contributed by atoms with Crippen LogP contribution < -0.4 is 10.1 Å². The van der Waals surface area contributed by atoms with Crippen molar-refractivity contribution in [2.75, 3.05) is 13.7 Å². The van der Waals surface area contributed by atoms with Crippen LogP contribution in [0.1, 0.15) is 12.5 Å². The van der Waals surface area contributed by atoms with E-state index in [1.165, 1.54) is 32.2 Å². The van der Waals surface area contributed by atoms with Gasteiger partial charge < -0.3 is 14.8 Å². The van der Waals surface area contributed by atoms with Crippen LogP contribution in [0.5, 0.6) is 5.75 Å². The average Bonchev–Trinajstić information content (AvgIpc) is 2.41. The molecule has 0 saturated heterocycles. The van der Waals surface area contributed by atoms with Crippen molar-refractivity contribution < 1.29 is 24.0 Å². The number of hydrogen-bond donors (Lipinski definition) is 1. The molecule has 1 amide bonds. The smallest absolute Gasteiger partial charge is 0.331 e. The first-order chi connectivity index (χ1) is 9.85. The molecule has 0 aliphatic rings. The summed E-state index contributed by atoms with van der Waals surface area (Å²) >= 11 is 0. The topological polar surface area (TPSA) is 108 Å². The van der Waals surface area contributed by atoms with Crippen molar-refractivity contribution in [1.29, 1.82) is 0 Å². The van der Waals surface area contributed by atoms with Gasteiger partial charge in [-0.25, -0.2) is 4.79 Å². The van der Waals surface area contributed by atoms with Crippen molar-refractivity contribution in [1.82, 2.24) is 5.32 Å². The van der Waals surface area contributed by atoms with Crippen LogP contribution in [0, 0.1) is 17.0 Å². The highest BCUT2D eigenvalue weighted by molar-refractivity contribution is 5.83. The van der Waals surface area contributed by atoms with Crippen molar-refractivity contribution in [3.8, 4) is 5.75 Å². The molecule has 1 atom stereocenters. The molecule has 1 aromatic rings. The summed E-state index contributed by atoms with van der Waals surface area (Å²) in [6.07, 6.45) is 0.